The molecule has 2 atom stereocenters. The van der Waals surface area contributed by atoms with Crippen LogP contribution in [0.4, 0.5) is 0 Å². The first-order chi connectivity index (χ1) is 36.0. The highest BCUT2D eigenvalue weighted by atomic mass is 16.5. The fraction of sp³-hybridized carbons (Fsp3) is 0.910. The van der Waals surface area contributed by atoms with E-state index < -0.39 is 12.1 Å². The van der Waals surface area contributed by atoms with Crippen molar-refractivity contribution in [2.24, 2.45) is 0 Å². The third-order valence-corrected chi connectivity index (χ3v) is 15.5. The summed E-state index contributed by atoms with van der Waals surface area (Å²) in [5.74, 6) is -0.0159. The lowest BCUT2D eigenvalue weighted by molar-refractivity contribution is -0.143. The molecule has 1 amide bonds. The van der Waals surface area contributed by atoms with Gasteiger partial charge in [0.1, 0.15) is 0 Å². The van der Waals surface area contributed by atoms with Gasteiger partial charge in [-0.2, -0.15) is 0 Å². The normalized spacial score (nSPS) is 12.7. The lowest BCUT2D eigenvalue weighted by Crippen LogP contribution is -2.45. The molecule has 3 N–H and O–H groups in total. The Morgan fingerprint density at radius 1 is 0.384 bits per heavy atom. The Balaban J connectivity index is 3.34. The van der Waals surface area contributed by atoms with Crippen LogP contribution in [0.2, 0.25) is 0 Å². The van der Waals surface area contributed by atoms with Gasteiger partial charge >= 0.3 is 5.97 Å². The number of ether oxygens (including phenoxy) is 1. The zero-order chi connectivity index (χ0) is 52.9. The first-order valence-corrected chi connectivity index (χ1v) is 33.1. The third kappa shape index (κ3) is 59.4. The highest BCUT2D eigenvalue weighted by Gasteiger charge is 2.20. The molecule has 0 bridgehead atoms. The summed E-state index contributed by atoms with van der Waals surface area (Å²) in [6.07, 6.45) is 78.1. The highest BCUT2D eigenvalue weighted by Crippen LogP contribution is 2.18. The quantitative estimate of drug-likeness (QED) is 0.0320. The fourth-order valence-corrected chi connectivity index (χ4v) is 10.4. The van der Waals surface area contributed by atoms with Crippen LogP contribution in [0.15, 0.2) is 24.3 Å². The van der Waals surface area contributed by atoms with Crippen molar-refractivity contribution in [2.45, 2.75) is 379 Å². The molecule has 0 aliphatic heterocycles. The molecule has 73 heavy (non-hydrogen) atoms. The summed E-state index contributed by atoms with van der Waals surface area (Å²) in [4.78, 5) is 24.4. The maximum atomic E-state index is 12.4. The maximum Gasteiger partial charge on any atom is 0.305 e. The van der Waals surface area contributed by atoms with Crippen LogP contribution >= 0.6 is 0 Å². The number of unbranched alkanes of at least 4 members (excludes halogenated alkanes) is 47. The van der Waals surface area contributed by atoms with Gasteiger partial charge in [0.05, 0.1) is 25.4 Å². The highest BCUT2D eigenvalue weighted by molar-refractivity contribution is 5.76. The number of carbonyl (C=O) groups is 2. The molecule has 0 heterocycles. The van der Waals surface area contributed by atoms with E-state index in [9.17, 15) is 19.8 Å². The molecule has 0 saturated carbocycles. The zero-order valence-electron chi connectivity index (χ0n) is 49.4. The van der Waals surface area contributed by atoms with Gasteiger partial charge in [-0.3, -0.25) is 9.59 Å². The van der Waals surface area contributed by atoms with Gasteiger partial charge in [-0.05, 0) is 57.8 Å². The molecule has 0 aromatic heterocycles. The monoisotopic (exact) mass is 1030 g/mol. The van der Waals surface area contributed by atoms with Crippen molar-refractivity contribution in [1.82, 2.24) is 5.32 Å². The van der Waals surface area contributed by atoms with Crippen molar-refractivity contribution in [3.8, 4) is 0 Å². The topological polar surface area (TPSA) is 95.9 Å². The molecule has 0 spiro atoms. The van der Waals surface area contributed by atoms with Gasteiger partial charge in [-0.25, -0.2) is 0 Å². The summed E-state index contributed by atoms with van der Waals surface area (Å²) in [5, 5.41) is 23.1. The second-order valence-corrected chi connectivity index (χ2v) is 22.8. The van der Waals surface area contributed by atoms with Crippen molar-refractivity contribution in [1.29, 1.82) is 0 Å². The van der Waals surface area contributed by atoms with E-state index in [1.807, 2.05) is 0 Å². The van der Waals surface area contributed by atoms with Crippen molar-refractivity contribution in [3.05, 3.63) is 24.3 Å². The number of amides is 1. The van der Waals surface area contributed by atoms with Crippen molar-refractivity contribution in [2.75, 3.05) is 13.2 Å². The fourth-order valence-electron chi connectivity index (χ4n) is 10.4. The van der Waals surface area contributed by atoms with E-state index in [1.54, 1.807) is 0 Å². The van der Waals surface area contributed by atoms with Gasteiger partial charge in [0.2, 0.25) is 5.91 Å². The Morgan fingerprint density at radius 2 is 0.685 bits per heavy atom. The van der Waals surface area contributed by atoms with Crippen LogP contribution in [0.5, 0.6) is 0 Å². The molecule has 0 rings (SSSR count). The van der Waals surface area contributed by atoms with Crippen LogP contribution in [-0.2, 0) is 14.3 Å². The standard InChI is InChI=1S/C67H129NO5/c1-3-5-7-9-11-13-14-41-45-49-53-57-61-67(72)73-62-58-54-50-46-42-39-37-35-33-31-29-27-25-23-21-19-17-15-16-18-20-22-24-26-28-30-32-34-36-38-40-44-48-52-56-60-66(71)68-64(63-69)65(70)59-55-51-47-43-12-10-8-6-4-2/h17,19,23,25,64-65,69-70H,3-16,18,20-22,24,26-63H2,1-2H3,(H,68,71)/b19-17-,25-23-. The van der Waals surface area contributed by atoms with E-state index >= 15 is 0 Å². The van der Waals surface area contributed by atoms with E-state index in [-0.39, 0.29) is 18.5 Å². The molecule has 0 radical (unpaired) electrons. The number of hydrogen-bond donors (Lipinski definition) is 3. The number of rotatable bonds is 62. The van der Waals surface area contributed by atoms with E-state index in [2.05, 4.69) is 43.5 Å². The average molecular weight is 1030 g/mol. The summed E-state index contributed by atoms with van der Waals surface area (Å²) in [6, 6.07) is -0.537. The van der Waals surface area contributed by atoms with Crippen molar-refractivity contribution < 1.29 is 24.5 Å². The Kier molecular flexibility index (Phi) is 61.4. The van der Waals surface area contributed by atoms with Gasteiger partial charge in [0.25, 0.3) is 0 Å². The number of nitrogens with one attached hydrogen (secondary N) is 1. The van der Waals surface area contributed by atoms with Crippen LogP contribution in [-0.4, -0.2) is 47.4 Å². The molecule has 432 valence electrons. The predicted octanol–water partition coefficient (Wildman–Crippen LogP) is 21.0. The minimum absolute atomic E-state index is 0.0177. The summed E-state index contributed by atoms with van der Waals surface area (Å²) in [7, 11) is 0. The molecular formula is C67H129NO5. The predicted molar refractivity (Wildman–Crippen MR) is 320 cm³/mol. The maximum absolute atomic E-state index is 12.4. The smallest absolute Gasteiger partial charge is 0.305 e. The molecule has 0 aromatic carbocycles. The van der Waals surface area contributed by atoms with Gasteiger partial charge in [-0.1, -0.05) is 321 Å². The summed E-state index contributed by atoms with van der Waals surface area (Å²) in [5.41, 5.74) is 0. The second-order valence-electron chi connectivity index (χ2n) is 22.8. The average Bonchev–Trinajstić information content (AvgIpc) is 3.39. The Labute approximate surface area is 456 Å². The van der Waals surface area contributed by atoms with E-state index in [0.717, 1.165) is 44.9 Å². The van der Waals surface area contributed by atoms with Crippen LogP contribution in [0.1, 0.15) is 367 Å². The number of esters is 1. The molecule has 0 fully saturated rings. The van der Waals surface area contributed by atoms with Crippen molar-refractivity contribution >= 4 is 11.9 Å². The van der Waals surface area contributed by atoms with Gasteiger partial charge < -0.3 is 20.3 Å². The Bertz CT molecular complexity index is 1140. The lowest BCUT2D eigenvalue weighted by atomic mass is 10.0. The zero-order valence-corrected chi connectivity index (χ0v) is 49.4. The number of aliphatic hydroxyl groups is 2. The Morgan fingerprint density at radius 3 is 1.04 bits per heavy atom. The molecule has 6 heteroatoms. The SMILES string of the molecule is CCCCCCCCCCCCCCC(=O)OCCCCCCCCCCCCC/C=C\C/C=C\CCCCCCCCCCCCCCCCCCCC(=O)NC(CO)C(O)CCCCCCCCCCC. The van der Waals surface area contributed by atoms with E-state index in [4.69, 9.17) is 4.74 Å². The van der Waals surface area contributed by atoms with Gasteiger partial charge in [0.15, 0.2) is 0 Å². The summed E-state index contributed by atoms with van der Waals surface area (Å²) >= 11 is 0. The molecule has 2 unspecified atom stereocenters. The summed E-state index contributed by atoms with van der Waals surface area (Å²) in [6.45, 7) is 4.95. The molecule has 0 aromatic rings. The number of allylic oxidation sites excluding steroid dienone is 4. The lowest BCUT2D eigenvalue weighted by Gasteiger charge is -2.22. The largest absolute Gasteiger partial charge is 0.466 e. The molecular weight excluding hydrogens is 899 g/mol. The Hall–Kier alpha value is -1.66. The number of aliphatic hydroxyl groups excluding tert-OH is 2. The minimum Gasteiger partial charge on any atom is -0.466 e. The van der Waals surface area contributed by atoms with Crippen LogP contribution in [0, 0.1) is 0 Å². The third-order valence-electron chi connectivity index (χ3n) is 15.5. The summed E-state index contributed by atoms with van der Waals surface area (Å²) < 4.78 is 5.48. The first kappa shape index (κ1) is 71.3. The molecule has 0 saturated heterocycles. The van der Waals surface area contributed by atoms with Gasteiger partial charge in [0, 0.05) is 12.8 Å². The first-order valence-electron chi connectivity index (χ1n) is 33.1. The van der Waals surface area contributed by atoms with Crippen LogP contribution < -0.4 is 5.32 Å². The molecule has 0 aliphatic carbocycles. The van der Waals surface area contributed by atoms with Gasteiger partial charge in [-0.15, -0.1) is 0 Å². The van der Waals surface area contributed by atoms with Crippen LogP contribution in [0.25, 0.3) is 0 Å². The van der Waals surface area contributed by atoms with Crippen LogP contribution in [0.3, 0.4) is 0 Å². The number of carbonyl (C=O) groups excluding carboxylic acids is 2. The van der Waals surface area contributed by atoms with E-state index in [0.29, 0.717) is 25.9 Å². The van der Waals surface area contributed by atoms with Crippen molar-refractivity contribution in [3.63, 3.8) is 0 Å². The second kappa shape index (κ2) is 62.9. The number of hydrogen-bond acceptors (Lipinski definition) is 5. The molecule has 6 nitrogen and oxygen atoms in total. The molecule has 0 aliphatic rings. The van der Waals surface area contributed by atoms with E-state index in [1.165, 1.54) is 289 Å². The minimum atomic E-state index is -0.660.